The Hall–Kier alpha value is -2.63. The molecule has 142 valence electrons. The van der Waals surface area contributed by atoms with Crippen molar-refractivity contribution in [2.45, 2.75) is 19.1 Å². The van der Waals surface area contributed by atoms with Crippen LogP contribution in [0.25, 0.3) is 6.08 Å². The number of carbonyl (C=O) groups excluding carboxylic acids is 1. The lowest BCUT2D eigenvalue weighted by Crippen LogP contribution is -2.44. The Balaban J connectivity index is 1.62. The summed E-state index contributed by atoms with van der Waals surface area (Å²) in [6.45, 7) is 4.06. The lowest BCUT2D eigenvalue weighted by molar-refractivity contribution is -0.117. The molecule has 1 aliphatic rings. The van der Waals surface area contributed by atoms with E-state index in [0.717, 1.165) is 23.4 Å². The van der Waals surface area contributed by atoms with Gasteiger partial charge >= 0.3 is 0 Å². The maximum atomic E-state index is 12.2. The first-order valence-electron chi connectivity index (χ1n) is 9.26. The zero-order chi connectivity index (χ0) is 19.1. The summed E-state index contributed by atoms with van der Waals surface area (Å²) in [5, 5.41) is 12.3. The highest BCUT2D eigenvalue weighted by Gasteiger charge is 2.20. The summed E-state index contributed by atoms with van der Waals surface area (Å²) in [6, 6.07) is 17.8. The molecule has 1 fully saturated rings. The van der Waals surface area contributed by atoms with E-state index in [0.29, 0.717) is 13.2 Å². The Morgan fingerprint density at radius 2 is 2.11 bits per heavy atom. The molecule has 0 radical (unpaired) electrons. The molecule has 0 spiro atoms. The number of amides is 1. The SMILES string of the molecule is C[C@H](NC(=O)C=Cc1ccccc1)c1cccc(N2CCOC(CO)C2)c1. The molecule has 2 N–H and O–H groups in total. The van der Waals surface area contributed by atoms with Gasteiger partial charge in [0, 0.05) is 24.9 Å². The van der Waals surface area contributed by atoms with Crippen molar-refractivity contribution >= 4 is 17.7 Å². The second kappa shape index (κ2) is 9.35. The van der Waals surface area contributed by atoms with E-state index >= 15 is 0 Å². The van der Waals surface area contributed by atoms with Gasteiger partial charge in [0.25, 0.3) is 0 Å². The third-order valence-corrected chi connectivity index (χ3v) is 4.66. The number of aliphatic hydroxyl groups is 1. The molecule has 2 aromatic rings. The molecule has 3 rings (SSSR count). The van der Waals surface area contributed by atoms with Gasteiger partial charge in [0.2, 0.25) is 5.91 Å². The number of nitrogens with one attached hydrogen (secondary N) is 1. The second-order valence-electron chi connectivity index (χ2n) is 6.69. The van der Waals surface area contributed by atoms with Crippen LogP contribution in [0, 0.1) is 0 Å². The molecular formula is C22H26N2O3. The monoisotopic (exact) mass is 366 g/mol. The van der Waals surface area contributed by atoms with Crippen molar-refractivity contribution in [3.05, 3.63) is 71.8 Å². The smallest absolute Gasteiger partial charge is 0.244 e. The molecule has 0 aliphatic carbocycles. The van der Waals surface area contributed by atoms with Crippen molar-refractivity contribution in [1.29, 1.82) is 0 Å². The van der Waals surface area contributed by atoms with Crippen LogP contribution in [0.5, 0.6) is 0 Å². The molecule has 1 amide bonds. The van der Waals surface area contributed by atoms with Gasteiger partial charge in [-0.2, -0.15) is 0 Å². The van der Waals surface area contributed by atoms with Crippen molar-refractivity contribution in [1.82, 2.24) is 5.32 Å². The number of anilines is 1. The number of benzene rings is 2. The van der Waals surface area contributed by atoms with E-state index in [2.05, 4.69) is 16.3 Å². The first kappa shape index (κ1) is 19.1. The van der Waals surface area contributed by atoms with Crippen molar-refractivity contribution < 1.29 is 14.6 Å². The minimum atomic E-state index is -0.150. The summed E-state index contributed by atoms with van der Waals surface area (Å²) in [5.74, 6) is -0.122. The summed E-state index contributed by atoms with van der Waals surface area (Å²) in [5.41, 5.74) is 3.12. The number of aliphatic hydroxyl groups excluding tert-OH is 1. The molecule has 1 aliphatic heterocycles. The van der Waals surface area contributed by atoms with Gasteiger partial charge in [-0.15, -0.1) is 0 Å². The summed E-state index contributed by atoms with van der Waals surface area (Å²) >= 11 is 0. The second-order valence-corrected chi connectivity index (χ2v) is 6.69. The van der Waals surface area contributed by atoms with Crippen molar-refractivity contribution in [3.8, 4) is 0 Å². The fraction of sp³-hybridized carbons (Fsp3) is 0.318. The Morgan fingerprint density at radius 3 is 2.89 bits per heavy atom. The predicted molar refractivity (Wildman–Crippen MR) is 108 cm³/mol. The molecule has 5 heteroatoms. The topological polar surface area (TPSA) is 61.8 Å². The van der Waals surface area contributed by atoms with Crippen LogP contribution in [0.1, 0.15) is 24.1 Å². The lowest BCUT2D eigenvalue weighted by atomic mass is 10.1. The maximum Gasteiger partial charge on any atom is 0.244 e. The molecular weight excluding hydrogens is 340 g/mol. The molecule has 2 aromatic carbocycles. The summed E-state index contributed by atoms with van der Waals surface area (Å²) in [7, 11) is 0. The minimum Gasteiger partial charge on any atom is -0.394 e. The van der Waals surface area contributed by atoms with Gasteiger partial charge in [0.05, 0.1) is 25.4 Å². The van der Waals surface area contributed by atoms with Gasteiger partial charge in [-0.05, 0) is 36.3 Å². The molecule has 1 heterocycles. The average molecular weight is 366 g/mol. The molecule has 2 atom stereocenters. The van der Waals surface area contributed by atoms with Crippen LogP contribution in [-0.4, -0.2) is 43.4 Å². The molecule has 1 unspecified atom stereocenters. The zero-order valence-corrected chi connectivity index (χ0v) is 15.5. The maximum absolute atomic E-state index is 12.2. The third-order valence-electron chi connectivity index (χ3n) is 4.66. The van der Waals surface area contributed by atoms with Crippen LogP contribution in [0.4, 0.5) is 5.69 Å². The van der Waals surface area contributed by atoms with Gasteiger partial charge in [-0.25, -0.2) is 0 Å². The standard InChI is InChI=1S/C22H26N2O3/c1-17(23-22(26)11-10-18-6-3-2-4-7-18)19-8-5-9-20(14-19)24-12-13-27-21(15-24)16-25/h2-11,14,17,21,25H,12-13,15-16H2,1H3,(H,23,26)/t17-,21?/m0/s1. The third kappa shape index (κ3) is 5.42. The number of ether oxygens (including phenoxy) is 1. The number of hydrogen-bond donors (Lipinski definition) is 2. The van der Waals surface area contributed by atoms with Gasteiger partial charge in [0.15, 0.2) is 0 Å². The molecule has 0 aromatic heterocycles. The van der Waals surface area contributed by atoms with Crippen molar-refractivity contribution in [2.75, 3.05) is 31.2 Å². The van der Waals surface area contributed by atoms with E-state index in [1.807, 2.05) is 55.5 Å². The first-order valence-corrected chi connectivity index (χ1v) is 9.26. The van der Waals surface area contributed by atoms with Gasteiger partial charge in [-0.3, -0.25) is 4.79 Å². The van der Waals surface area contributed by atoms with E-state index in [4.69, 9.17) is 4.74 Å². The highest BCUT2D eigenvalue weighted by Crippen LogP contribution is 2.22. The van der Waals surface area contributed by atoms with Gasteiger partial charge in [0.1, 0.15) is 0 Å². The Labute approximate surface area is 160 Å². The van der Waals surface area contributed by atoms with Gasteiger partial charge < -0.3 is 20.1 Å². The van der Waals surface area contributed by atoms with Crippen molar-refractivity contribution in [3.63, 3.8) is 0 Å². The van der Waals surface area contributed by atoms with Crippen LogP contribution in [0.2, 0.25) is 0 Å². The number of morpholine rings is 1. The van der Waals surface area contributed by atoms with Crippen LogP contribution >= 0.6 is 0 Å². The average Bonchev–Trinajstić information content (AvgIpc) is 2.73. The van der Waals surface area contributed by atoms with Crippen LogP contribution in [0.15, 0.2) is 60.7 Å². The molecule has 5 nitrogen and oxygen atoms in total. The van der Waals surface area contributed by atoms with Crippen molar-refractivity contribution in [2.24, 2.45) is 0 Å². The minimum absolute atomic E-state index is 0.0242. The Morgan fingerprint density at radius 1 is 1.30 bits per heavy atom. The Bertz CT molecular complexity index is 776. The van der Waals surface area contributed by atoms with Crippen LogP contribution < -0.4 is 10.2 Å². The van der Waals surface area contributed by atoms with Crippen LogP contribution in [-0.2, 0) is 9.53 Å². The largest absolute Gasteiger partial charge is 0.394 e. The van der Waals surface area contributed by atoms with E-state index in [-0.39, 0.29) is 24.7 Å². The van der Waals surface area contributed by atoms with E-state index in [9.17, 15) is 9.90 Å². The molecule has 0 saturated carbocycles. The Kier molecular flexibility index (Phi) is 6.63. The fourth-order valence-corrected chi connectivity index (χ4v) is 3.14. The number of rotatable bonds is 6. The van der Waals surface area contributed by atoms with Crippen LogP contribution in [0.3, 0.4) is 0 Å². The molecule has 27 heavy (non-hydrogen) atoms. The first-order chi connectivity index (χ1) is 13.2. The van der Waals surface area contributed by atoms with E-state index < -0.39 is 0 Å². The van der Waals surface area contributed by atoms with E-state index in [1.165, 1.54) is 0 Å². The number of nitrogens with zero attached hydrogens (tertiary/aromatic N) is 1. The molecule has 1 saturated heterocycles. The van der Waals surface area contributed by atoms with Gasteiger partial charge in [-0.1, -0.05) is 42.5 Å². The van der Waals surface area contributed by atoms with E-state index in [1.54, 1.807) is 12.2 Å². The lowest BCUT2D eigenvalue weighted by Gasteiger charge is -2.34. The number of carbonyl (C=O) groups is 1. The number of hydrogen-bond acceptors (Lipinski definition) is 4. The summed E-state index contributed by atoms with van der Waals surface area (Å²) in [6.07, 6.45) is 3.22. The quantitative estimate of drug-likeness (QED) is 0.772. The fourth-order valence-electron chi connectivity index (χ4n) is 3.14. The zero-order valence-electron chi connectivity index (χ0n) is 15.5. The highest BCUT2D eigenvalue weighted by atomic mass is 16.5. The molecule has 0 bridgehead atoms. The summed E-state index contributed by atoms with van der Waals surface area (Å²) in [4.78, 5) is 14.4. The predicted octanol–water partition coefficient (Wildman–Crippen LogP) is 2.77. The highest BCUT2D eigenvalue weighted by molar-refractivity contribution is 5.91. The summed E-state index contributed by atoms with van der Waals surface area (Å²) < 4.78 is 5.52. The normalized spacial score (nSPS) is 18.4.